The third-order valence-electron chi connectivity index (χ3n) is 6.10. The van der Waals surface area contributed by atoms with Crippen LogP contribution in [-0.2, 0) is 25.1 Å². The van der Waals surface area contributed by atoms with E-state index in [1.165, 1.54) is 16.7 Å². The zero-order valence-corrected chi connectivity index (χ0v) is 18.8. The normalized spacial score (nSPS) is 14.7. The first-order valence-electron chi connectivity index (χ1n) is 10.9. The van der Waals surface area contributed by atoms with Crippen LogP contribution in [0.3, 0.4) is 0 Å². The van der Waals surface area contributed by atoms with E-state index >= 15 is 0 Å². The number of benzene rings is 2. The molecule has 4 aromatic rings. The number of nitrogens with zero attached hydrogens (tertiary/aromatic N) is 4. The van der Waals surface area contributed by atoms with Gasteiger partial charge in [0.25, 0.3) is 5.89 Å². The lowest BCUT2D eigenvalue weighted by Gasteiger charge is -2.12. The smallest absolute Gasteiger partial charge is 0.337 e. The van der Waals surface area contributed by atoms with E-state index in [0.29, 0.717) is 30.7 Å². The molecule has 0 spiro atoms. The van der Waals surface area contributed by atoms with Crippen molar-refractivity contribution in [3.8, 4) is 11.5 Å². The fourth-order valence-corrected chi connectivity index (χ4v) is 4.28. The largest absolute Gasteiger partial charge is 0.416 e. The molecular formula is C24H13F9N4O. The molecule has 1 fully saturated rings. The van der Waals surface area contributed by atoms with E-state index in [9.17, 15) is 39.5 Å². The summed E-state index contributed by atoms with van der Waals surface area (Å²) in [5, 5.41) is 3.44. The first-order valence-corrected chi connectivity index (χ1v) is 10.9. The minimum Gasteiger partial charge on any atom is -0.337 e. The van der Waals surface area contributed by atoms with E-state index in [1.807, 2.05) is 0 Å². The molecule has 1 saturated carbocycles. The maximum Gasteiger partial charge on any atom is 0.416 e. The molecule has 0 saturated heterocycles. The highest BCUT2D eigenvalue weighted by Crippen LogP contribution is 2.47. The molecule has 0 aliphatic heterocycles. The average molecular weight is 544 g/mol. The predicted octanol–water partition coefficient (Wildman–Crippen LogP) is 8.22. The van der Waals surface area contributed by atoms with Gasteiger partial charge >= 0.3 is 18.5 Å². The van der Waals surface area contributed by atoms with Gasteiger partial charge in [0.2, 0.25) is 0 Å². The van der Waals surface area contributed by atoms with Crippen molar-refractivity contribution in [1.82, 2.24) is 14.7 Å². The second-order valence-corrected chi connectivity index (χ2v) is 8.74. The van der Waals surface area contributed by atoms with Crippen LogP contribution in [0.1, 0.15) is 47.0 Å². The maximum absolute atomic E-state index is 13.8. The van der Waals surface area contributed by atoms with Crippen molar-refractivity contribution in [3.05, 3.63) is 76.0 Å². The molecule has 2 aromatic carbocycles. The van der Waals surface area contributed by atoms with Crippen molar-refractivity contribution in [2.24, 2.45) is 0 Å². The summed E-state index contributed by atoms with van der Waals surface area (Å²) in [5.41, 5.74) is -4.78. The van der Waals surface area contributed by atoms with Crippen molar-refractivity contribution in [3.63, 3.8) is 0 Å². The summed E-state index contributed by atoms with van der Waals surface area (Å²) in [6.45, 7) is 6.85. The Morgan fingerprint density at radius 2 is 1.53 bits per heavy atom. The fraction of sp³-hybridized carbons (Fsp3) is 0.292. The predicted molar refractivity (Wildman–Crippen MR) is 114 cm³/mol. The highest BCUT2D eigenvalue weighted by molar-refractivity contribution is 5.90. The van der Waals surface area contributed by atoms with Crippen molar-refractivity contribution in [2.75, 3.05) is 0 Å². The van der Waals surface area contributed by atoms with E-state index in [1.54, 1.807) is 0 Å². The van der Waals surface area contributed by atoms with Crippen LogP contribution in [-0.4, -0.2) is 14.7 Å². The molecule has 0 N–H and O–H groups in total. The van der Waals surface area contributed by atoms with Crippen LogP contribution < -0.4 is 0 Å². The minimum absolute atomic E-state index is 0.0374. The van der Waals surface area contributed by atoms with Crippen molar-refractivity contribution in [2.45, 2.75) is 43.8 Å². The molecule has 5 rings (SSSR count). The van der Waals surface area contributed by atoms with Crippen molar-refractivity contribution in [1.29, 1.82) is 0 Å². The SMILES string of the molecule is [C-]#[N+]c1ccc2c(cc(C3CC3)n2Cc2noc(-c3cc(C(F)(F)F)cc(C(F)(F)F)c3)n2)c1C(F)(F)F. The Balaban J connectivity index is 1.58. The quantitative estimate of drug-likeness (QED) is 0.192. The molecule has 1 aliphatic rings. The summed E-state index contributed by atoms with van der Waals surface area (Å²) < 4.78 is 127. The van der Waals surface area contributed by atoms with E-state index in [4.69, 9.17) is 11.1 Å². The van der Waals surface area contributed by atoms with Gasteiger partial charge in [-0.15, -0.1) is 0 Å². The van der Waals surface area contributed by atoms with Gasteiger partial charge in [-0.3, -0.25) is 0 Å². The molecule has 14 heteroatoms. The van der Waals surface area contributed by atoms with Crippen molar-refractivity contribution < 1.29 is 44.0 Å². The Morgan fingerprint density at radius 1 is 0.895 bits per heavy atom. The van der Waals surface area contributed by atoms with Gasteiger partial charge in [0.05, 0.1) is 29.8 Å². The van der Waals surface area contributed by atoms with Crippen LogP contribution in [0.15, 0.2) is 40.9 Å². The van der Waals surface area contributed by atoms with E-state index in [2.05, 4.69) is 15.0 Å². The second kappa shape index (κ2) is 8.50. The first-order chi connectivity index (χ1) is 17.7. The lowest BCUT2D eigenvalue weighted by atomic mass is 10.0. The van der Waals surface area contributed by atoms with Crippen LogP contribution >= 0.6 is 0 Å². The molecule has 0 unspecified atom stereocenters. The molecule has 38 heavy (non-hydrogen) atoms. The summed E-state index contributed by atoms with van der Waals surface area (Å²) in [4.78, 5) is 6.91. The van der Waals surface area contributed by atoms with Gasteiger partial charge < -0.3 is 9.09 Å². The number of aromatic nitrogens is 3. The van der Waals surface area contributed by atoms with Gasteiger partial charge in [-0.1, -0.05) is 11.2 Å². The van der Waals surface area contributed by atoms with Gasteiger partial charge in [0.15, 0.2) is 11.5 Å². The standard InChI is InChI=1S/C24H13F9N4O/c1-34-16-4-5-17-15(20(16)24(31,32)33)9-18(11-2-3-11)37(17)10-19-35-21(38-36-19)12-6-13(22(25,26)27)8-14(7-12)23(28,29)30/h4-9,11H,2-3,10H2. The Kier molecular flexibility index (Phi) is 5.73. The molecule has 0 bridgehead atoms. The van der Waals surface area contributed by atoms with Gasteiger partial charge in [-0.2, -0.15) is 44.5 Å². The summed E-state index contributed by atoms with van der Waals surface area (Å²) in [5.74, 6) is -0.857. The van der Waals surface area contributed by atoms with Crippen LogP contribution in [0.4, 0.5) is 45.2 Å². The number of hydrogen-bond donors (Lipinski definition) is 0. The van der Waals surface area contributed by atoms with Gasteiger partial charge in [0, 0.05) is 22.2 Å². The zero-order chi connectivity index (χ0) is 27.6. The minimum atomic E-state index is -5.08. The Labute approximate surface area is 207 Å². The highest BCUT2D eigenvalue weighted by atomic mass is 19.4. The average Bonchev–Trinajstić information content (AvgIpc) is 3.45. The molecule has 0 atom stereocenters. The Bertz CT molecular complexity index is 1550. The summed E-state index contributed by atoms with van der Waals surface area (Å²) in [6.07, 6.45) is -13.6. The molecule has 0 amide bonds. The number of rotatable bonds is 4. The van der Waals surface area contributed by atoms with Crippen LogP contribution in [0.2, 0.25) is 0 Å². The molecule has 198 valence electrons. The second-order valence-electron chi connectivity index (χ2n) is 8.74. The van der Waals surface area contributed by atoms with Crippen molar-refractivity contribution >= 4 is 16.6 Å². The summed E-state index contributed by atoms with van der Waals surface area (Å²) in [6, 6.07) is 4.56. The summed E-state index contributed by atoms with van der Waals surface area (Å²) >= 11 is 0. The fourth-order valence-electron chi connectivity index (χ4n) is 4.28. The van der Waals surface area contributed by atoms with E-state index in [-0.39, 0.29) is 35.3 Å². The maximum atomic E-state index is 13.8. The Hall–Kier alpha value is -4.02. The van der Waals surface area contributed by atoms with Crippen LogP contribution in [0.5, 0.6) is 0 Å². The highest BCUT2D eigenvalue weighted by Gasteiger charge is 2.39. The van der Waals surface area contributed by atoms with Crippen LogP contribution in [0.25, 0.3) is 27.2 Å². The zero-order valence-electron chi connectivity index (χ0n) is 18.8. The molecule has 2 heterocycles. The number of fused-ring (bicyclic) bond motifs is 1. The molecule has 0 radical (unpaired) electrons. The lowest BCUT2D eigenvalue weighted by Crippen LogP contribution is -2.11. The Morgan fingerprint density at radius 3 is 2.05 bits per heavy atom. The lowest BCUT2D eigenvalue weighted by molar-refractivity contribution is -0.143. The first kappa shape index (κ1) is 25.6. The molecule has 1 aliphatic carbocycles. The summed E-state index contributed by atoms with van der Waals surface area (Å²) in [7, 11) is 0. The molecule has 2 aromatic heterocycles. The number of hydrogen-bond acceptors (Lipinski definition) is 3. The molecule has 5 nitrogen and oxygen atoms in total. The van der Waals surface area contributed by atoms with Gasteiger partial charge in [-0.05, 0) is 49.1 Å². The van der Waals surface area contributed by atoms with E-state index < -0.39 is 52.4 Å². The monoisotopic (exact) mass is 544 g/mol. The molecular weight excluding hydrogens is 531 g/mol. The number of halogens is 9. The number of alkyl halides is 9. The topological polar surface area (TPSA) is 48.2 Å². The third-order valence-corrected chi connectivity index (χ3v) is 6.10. The van der Waals surface area contributed by atoms with Gasteiger partial charge in [0.1, 0.15) is 0 Å². The third kappa shape index (κ3) is 4.68. The van der Waals surface area contributed by atoms with E-state index in [0.717, 1.165) is 6.07 Å². The van der Waals surface area contributed by atoms with Crippen LogP contribution in [0, 0.1) is 6.57 Å². The van der Waals surface area contributed by atoms with Gasteiger partial charge in [-0.25, -0.2) is 4.85 Å².